The van der Waals surface area contributed by atoms with Gasteiger partial charge in [0.1, 0.15) is 6.61 Å². The summed E-state index contributed by atoms with van der Waals surface area (Å²) < 4.78 is 7.72. The van der Waals surface area contributed by atoms with Crippen molar-refractivity contribution in [1.29, 1.82) is 0 Å². The van der Waals surface area contributed by atoms with E-state index in [1.165, 1.54) is 31.4 Å². The van der Waals surface area contributed by atoms with Crippen LogP contribution in [0.2, 0.25) is 0 Å². The van der Waals surface area contributed by atoms with Crippen molar-refractivity contribution in [3.63, 3.8) is 0 Å². The van der Waals surface area contributed by atoms with E-state index in [0.717, 1.165) is 25.6 Å². The molecule has 1 atom stereocenters. The molecule has 0 N–H and O–H groups in total. The molecule has 6 nitrogen and oxygen atoms in total. The molecule has 23 heavy (non-hydrogen) atoms. The molecule has 0 radical (unpaired) electrons. The molecule has 2 aliphatic rings. The van der Waals surface area contributed by atoms with Crippen LogP contribution in [0.25, 0.3) is 0 Å². The van der Waals surface area contributed by atoms with Gasteiger partial charge in [-0.3, -0.25) is 14.4 Å². The topological polar surface area (TPSA) is 50.6 Å². The first-order valence-corrected chi connectivity index (χ1v) is 8.69. The lowest BCUT2D eigenvalue weighted by molar-refractivity contribution is -0.133. The third-order valence-corrected chi connectivity index (χ3v) is 5.07. The number of aromatic nitrogens is 2. The van der Waals surface area contributed by atoms with Crippen molar-refractivity contribution in [1.82, 2.24) is 19.6 Å². The van der Waals surface area contributed by atoms with Gasteiger partial charge >= 0.3 is 0 Å². The highest BCUT2D eigenvalue weighted by atomic mass is 16.5. The van der Waals surface area contributed by atoms with Gasteiger partial charge in [0.15, 0.2) is 0 Å². The van der Waals surface area contributed by atoms with E-state index in [-0.39, 0.29) is 12.5 Å². The standard InChI is InChI=1S/C17H28N4O2/c1-19(2)17(22)13-23-10-8-16-12-20(14-5-3-4-6-14)11-15-7-9-18-21(15)16/h7,9,14,16H,3-6,8,10-13H2,1-2H3/t16-/m1/s1. The van der Waals surface area contributed by atoms with Gasteiger partial charge in [0, 0.05) is 46.0 Å². The SMILES string of the molecule is CN(C)C(=O)COCC[C@@H]1CN(C2CCCC2)Cc2ccnn21. The highest BCUT2D eigenvalue weighted by Crippen LogP contribution is 2.30. The summed E-state index contributed by atoms with van der Waals surface area (Å²) in [6.07, 6.45) is 8.18. The number of fused-ring (bicyclic) bond motifs is 1. The molecule has 0 spiro atoms. The number of nitrogens with zero attached hydrogens (tertiary/aromatic N) is 4. The number of rotatable bonds is 6. The van der Waals surface area contributed by atoms with Crippen LogP contribution in [0, 0.1) is 0 Å². The summed E-state index contributed by atoms with van der Waals surface area (Å²) in [6.45, 7) is 2.82. The zero-order valence-corrected chi connectivity index (χ0v) is 14.3. The molecule has 6 heteroatoms. The molecule has 0 bridgehead atoms. The van der Waals surface area contributed by atoms with Crippen LogP contribution in [0.3, 0.4) is 0 Å². The predicted octanol–water partition coefficient (Wildman–Crippen LogP) is 1.68. The Kier molecular flexibility index (Phi) is 5.33. The predicted molar refractivity (Wildman–Crippen MR) is 88.1 cm³/mol. The Labute approximate surface area is 138 Å². The largest absolute Gasteiger partial charge is 0.372 e. The van der Waals surface area contributed by atoms with Crippen molar-refractivity contribution in [3.05, 3.63) is 18.0 Å². The number of ether oxygens (including phenoxy) is 1. The Morgan fingerprint density at radius 1 is 1.39 bits per heavy atom. The quantitative estimate of drug-likeness (QED) is 0.748. The Hall–Kier alpha value is -1.40. The summed E-state index contributed by atoms with van der Waals surface area (Å²) >= 11 is 0. The van der Waals surface area contributed by atoms with E-state index in [2.05, 4.69) is 20.7 Å². The van der Waals surface area contributed by atoms with Crippen molar-refractivity contribution in [2.45, 2.75) is 50.7 Å². The normalized spacial score (nSPS) is 22.3. The molecule has 1 aromatic heterocycles. The molecule has 128 valence electrons. The Balaban J connectivity index is 1.54. The van der Waals surface area contributed by atoms with Crippen molar-refractivity contribution in [3.8, 4) is 0 Å². The summed E-state index contributed by atoms with van der Waals surface area (Å²) in [5, 5.41) is 4.50. The summed E-state index contributed by atoms with van der Waals surface area (Å²) in [5.74, 6) is 0.0148. The fraction of sp³-hybridized carbons (Fsp3) is 0.765. The van der Waals surface area contributed by atoms with Crippen molar-refractivity contribution in [2.24, 2.45) is 0 Å². The first-order valence-electron chi connectivity index (χ1n) is 8.69. The molecule has 1 aromatic rings. The third-order valence-electron chi connectivity index (χ3n) is 5.07. The smallest absolute Gasteiger partial charge is 0.248 e. The summed E-state index contributed by atoms with van der Waals surface area (Å²) in [6, 6.07) is 3.21. The Morgan fingerprint density at radius 2 is 2.17 bits per heavy atom. The molecule has 0 unspecified atom stereocenters. The average molecular weight is 320 g/mol. The maximum absolute atomic E-state index is 11.6. The lowest BCUT2D eigenvalue weighted by atomic mass is 10.1. The van der Waals surface area contributed by atoms with Gasteiger partial charge in [-0.05, 0) is 25.3 Å². The van der Waals surface area contributed by atoms with E-state index in [1.54, 1.807) is 19.0 Å². The highest BCUT2D eigenvalue weighted by molar-refractivity contribution is 5.76. The fourth-order valence-electron chi connectivity index (χ4n) is 3.69. The van der Waals surface area contributed by atoms with E-state index in [1.807, 2.05) is 6.20 Å². The third kappa shape index (κ3) is 3.93. The number of carbonyl (C=O) groups is 1. The number of carbonyl (C=O) groups excluding carboxylic acids is 1. The van der Waals surface area contributed by atoms with Gasteiger partial charge < -0.3 is 9.64 Å². The van der Waals surface area contributed by atoms with Gasteiger partial charge in [0.05, 0.1) is 11.7 Å². The lowest BCUT2D eigenvalue weighted by Gasteiger charge is -2.37. The number of hydrogen-bond donors (Lipinski definition) is 0. The second-order valence-corrected chi connectivity index (χ2v) is 6.92. The second kappa shape index (κ2) is 7.45. The van der Waals surface area contributed by atoms with Crippen LogP contribution in [-0.4, -0.2) is 65.4 Å². The zero-order chi connectivity index (χ0) is 16.2. The number of likely N-dealkylation sites (N-methyl/N-ethyl adjacent to an activating group) is 1. The van der Waals surface area contributed by atoms with Crippen LogP contribution in [0.4, 0.5) is 0 Å². The maximum Gasteiger partial charge on any atom is 0.248 e. The first-order chi connectivity index (χ1) is 11.1. The minimum atomic E-state index is 0.0148. The molecule has 1 aliphatic heterocycles. The van der Waals surface area contributed by atoms with Crippen LogP contribution in [0.5, 0.6) is 0 Å². The van der Waals surface area contributed by atoms with E-state index >= 15 is 0 Å². The van der Waals surface area contributed by atoms with E-state index in [0.29, 0.717) is 12.6 Å². The van der Waals surface area contributed by atoms with E-state index < -0.39 is 0 Å². The van der Waals surface area contributed by atoms with Crippen LogP contribution < -0.4 is 0 Å². The van der Waals surface area contributed by atoms with E-state index in [4.69, 9.17) is 4.74 Å². The molecule has 0 aromatic carbocycles. The monoisotopic (exact) mass is 320 g/mol. The maximum atomic E-state index is 11.6. The van der Waals surface area contributed by atoms with Crippen LogP contribution >= 0.6 is 0 Å². The van der Waals surface area contributed by atoms with Gasteiger partial charge in [-0.15, -0.1) is 0 Å². The Morgan fingerprint density at radius 3 is 2.91 bits per heavy atom. The summed E-state index contributed by atoms with van der Waals surface area (Å²) in [4.78, 5) is 15.7. The molecule has 1 aliphatic carbocycles. The molecule has 3 rings (SSSR count). The minimum absolute atomic E-state index is 0.0148. The minimum Gasteiger partial charge on any atom is -0.372 e. The van der Waals surface area contributed by atoms with Crippen LogP contribution in [-0.2, 0) is 16.1 Å². The van der Waals surface area contributed by atoms with Crippen LogP contribution in [0.1, 0.15) is 43.8 Å². The lowest BCUT2D eigenvalue weighted by Crippen LogP contribution is -2.43. The van der Waals surface area contributed by atoms with Gasteiger partial charge in [-0.1, -0.05) is 12.8 Å². The Bertz CT molecular complexity index is 522. The fourth-order valence-corrected chi connectivity index (χ4v) is 3.69. The molecule has 2 heterocycles. The zero-order valence-electron chi connectivity index (χ0n) is 14.3. The van der Waals surface area contributed by atoms with Gasteiger partial charge in [0.25, 0.3) is 0 Å². The molecule has 0 saturated heterocycles. The molecule has 1 saturated carbocycles. The number of hydrogen-bond acceptors (Lipinski definition) is 4. The van der Waals surface area contributed by atoms with Gasteiger partial charge in [-0.25, -0.2) is 0 Å². The molecular weight excluding hydrogens is 292 g/mol. The molecule has 1 amide bonds. The van der Waals surface area contributed by atoms with Crippen molar-refractivity contribution >= 4 is 5.91 Å². The van der Waals surface area contributed by atoms with E-state index in [9.17, 15) is 4.79 Å². The number of amides is 1. The molecular formula is C17H28N4O2. The summed E-state index contributed by atoms with van der Waals surface area (Å²) in [5.41, 5.74) is 1.30. The van der Waals surface area contributed by atoms with Crippen molar-refractivity contribution < 1.29 is 9.53 Å². The first kappa shape index (κ1) is 16.5. The highest BCUT2D eigenvalue weighted by Gasteiger charge is 2.31. The van der Waals surface area contributed by atoms with Gasteiger partial charge in [0.2, 0.25) is 5.91 Å². The van der Waals surface area contributed by atoms with Crippen molar-refractivity contribution in [2.75, 3.05) is 33.9 Å². The average Bonchev–Trinajstić information content (AvgIpc) is 3.21. The summed E-state index contributed by atoms with van der Waals surface area (Å²) in [7, 11) is 3.50. The second-order valence-electron chi connectivity index (χ2n) is 6.92. The molecule has 1 fully saturated rings. The van der Waals surface area contributed by atoms with Gasteiger partial charge in [-0.2, -0.15) is 5.10 Å². The van der Waals surface area contributed by atoms with Crippen LogP contribution in [0.15, 0.2) is 12.3 Å².